The minimum atomic E-state index is -3.39. The number of likely N-dealkylation sites (tertiary alicyclic amines) is 1. The van der Waals surface area contributed by atoms with Crippen LogP contribution in [0.25, 0.3) is 0 Å². The van der Waals surface area contributed by atoms with Crippen molar-refractivity contribution in [1.82, 2.24) is 13.9 Å². The maximum absolute atomic E-state index is 12.2. The van der Waals surface area contributed by atoms with E-state index in [9.17, 15) is 13.2 Å². The van der Waals surface area contributed by atoms with Crippen LogP contribution in [-0.2, 0) is 15.0 Å². The van der Waals surface area contributed by atoms with E-state index in [1.165, 1.54) is 4.31 Å². The van der Waals surface area contributed by atoms with Crippen LogP contribution in [0.3, 0.4) is 0 Å². The monoisotopic (exact) mass is 303 g/mol. The molecule has 1 N–H and O–H groups in total. The first-order valence-electron chi connectivity index (χ1n) is 7.55. The molecule has 7 heteroatoms. The van der Waals surface area contributed by atoms with Crippen molar-refractivity contribution in [2.45, 2.75) is 51.5 Å². The molecule has 20 heavy (non-hydrogen) atoms. The number of carbonyl (C=O) groups is 1. The highest BCUT2D eigenvalue weighted by molar-refractivity contribution is 7.87. The molecule has 0 aromatic carbocycles. The van der Waals surface area contributed by atoms with Gasteiger partial charge in [0.25, 0.3) is 10.2 Å². The molecule has 2 heterocycles. The van der Waals surface area contributed by atoms with E-state index in [0.29, 0.717) is 26.1 Å². The standard InChI is InChI=1S/C13H25N3O3S/c1-12(16-10-6-3-7-13(16)17)11-14-20(18,19)15-8-4-2-5-9-15/h12,14H,2-11H2,1H3/t12-/m1/s1. The van der Waals surface area contributed by atoms with Crippen molar-refractivity contribution >= 4 is 16.1 Å². The topological polar surface area (TPSA) is 69.7 Å². The number of nitrogens with one attached hydrogen (secondary N) is 1. The summed E-state index contributed by atoms with van der Waals surface area (Å²) >= 11 is 0. The van der Waals surface area contributed by atoms with Crippen molar-refractivity contribution in [2.75, 3.05) is 26.2 Å². The average molecular weight is 303 g/mol. The Labute approximate surface area is 121 Å². The molecule has 2 aliphatic rings. The summed E-state index contributed by atoms with van der Waals surface area (Å²) in [5.74, 6) is 0.140. The summed E-state index contributed by atoms with van der Waals surface area (Å²) in [6.07, 6.45) is 5.51. The van der Waals surface area contributed by atoms with Gasteiger partial charge in [-0.05, 0) is 32.6 Å². The van der Waals surface area contributed by atoms with Crippen molar-refractivity contribution in [3.63, 3.8) is 0 Å². The van der Waals surface area contributed by atoms with Gasteiger partial charge >= 0.3 is 0 Å². The largest absolute Gasteiger partial charge is 0.339 e. The summed E-state index contributed by atoms with van der Waals surface area (Å²) in [7, 11) is -3.39. The van der Waals surface area contributed by atoms with E-state index in [0.717, 1.165) is 38.6 Å². The van der Waals surface area contributed by atoms with Crippen LogP contribution < -0.4 is 4.72 Å². The zero-order valence-corrected chi connectivity index (χ0v) is 13.0. The normalized spacial score (nSPS) is 23.9. The third-order valence-electron chi connectivity index (χ3n) is 4.11. The first kappa shape index (κ1) is 15.7. The Balaban J connectivity index is 1.85. The van der Waals surface area contributed by atoms with Gasteiger partial charge in [-0.3, -0.25) is 4.79 Å². The number of rotatable bonds is 5. The average Bonchev–Trinajstić information content (AvgIpc) is 2.46. The number of nitrogens with zero attached hydrogens (tertiary/aromatic N) is 2. The second-order valence-electron chi connectivity index (χ2n) is 5.71. The molecule has 0 unspecified atom stereocenters. The van der Waals surface area contributed by atoms with E-state index in [2.05, 4.69) is 4.72 Å². The summed E-state index contributed by atoms with van der Waals surface area (Å²) in [5, 5.41) is 0. The molecule has 0 spiro atoms. The van der Waals surface area contributed by atoms with Crippen LogP contribution in [0, 0.1) is 0 Å². The summed E-state index contributed by atoms with van der Waals surface area (Å²) in [5.41, 5.74) is 0. The van der Waals surface area contributed by atoms with Crippen molar-refractivity contribution in [3.8, 4) is 0 Å². The lowest BCUT2D eigenvalue weighted by atomic mass is 10.1. The van der Waals surface area contributed by atoms with Crippen LogP contribution in [0.2, 0.25) is 0 Å². The molecular weight excluding hydrogens is 278 g/mol. The van der Waals surface area contributed by atoms with E-state index < -0.39 is 10.2 Å². The molecule has 2 aliphatic heterocycles. The third kappa shape index (κ3) is 3.93. The SMILES string of the molecule is C[C@H](CNS(=O)(=O)N1CCCCC1)N1CCCCC1=O. The summed E-state index contributed by atoms with van der Waals surface area (Å²) < 4.78 is 28.5. The highest BCUT2D eigenvalue weighted by atomic mass is 32.2. The Morgan fingerprint density at radius 2 is 1.75 bits per heavy atom. The molecule has 0 radical (unpaired) electrons. The number of hydrogen-bond donors (Lipinski definition) is 1. The van der Waals surface area contributed by atoms with E-state index >= 15 is 0 Å². The summed E-state index contributed by atoms with van der Waals surface area (Å²) in [6.45, 7) is 4.15. The predicted molar refractivity (Wildman–Crippen MR) is 77.4 cm³/mol. The van der Waals surface area contributed by atoms with Gasteiger partial charge in [-0.2, -0.15) is 12.7 Å². The molecule has 1 amide bonds. The van der Waals surface area contributed by atoms with Gasteiger partial charge in [-0.15, -0.1) is 0 Å². The summed E-state index contributed by atoms with van der Waals surface area (Å²) in [4.78, 5) is 13.6. The van der Waals surface area contributed by atoms with Crippen molar-refractivity contribution in [2.24, 2.45) is 0 Å². The zero-order chi connectivity index (χ0) is 14.6. The number of carbonyl (C=O) groups excluding carboxylic acids is 1. The summed E-state index contributed by atoms with van der Waals surface area (Å²) in [6, 6.07) is -0.0811. The smallest absolute Gasteiger partial charge is 0.279 e. The molecule has 116 valence electrons. The van der Waals surface area contributed by atoms with Crippen molar-refractivity contribution < 1.29 is 13.2 Å². The van der Waals surface area contributed by atoms with Gasteiger partial charge in [0, 0.05) is 38.6 Å². The van der Waals surface area contributed by atoms with Gasteiger partial charge in [0.15, 0.2) is 0 Å². The fraction of sp³-hybridized carbons (Fsp3) is 0.923. The lowest BCUT2D eigenvalue weighted by molar-refractivity contribution is -0.135. The molecule has 1 atom stereocenters. The van der Waals surface area contributed by atoms with E-state index in [1.54, 1.807) is 4.90 Å². The van der Waals surface area contributed by atoms with Crippen LogP contribution in [-0.4, -0.2) is 55.8 Å². The van der Waals surface area contributed by atoms with Crippen molar-refractivity contribution in [1.29, 1.82) is 0 Å². The molecule has 0 saturated carbocycles. The fourth-order valence-corrected chi connectivity index (χ4v) is 4.20. The van der Waals surface area contributed by atoms with Gasteiger partial charge in [0.1, 0.15) is 0 Å². The second-order valence-corrected chi connectivity index (χ2v) is 7.46. The molecule has 2 saturated heterocycles. The molecule has 0 aromatic heterocycles. The van der Waals surface area contributed by atoms with Crippen LogP contribution >= 0.6 is 0 Å². The Hall–Kier alpha value is -0.660. The molecule has 6 nitrogen and oxygen atoms in total. The van der Waals surface area contributed by atoms with Crippen LogP contribution in [0.5, 0.6) is 0 Å². The maximum Gasteiger partial charge on any atom is 0.279 e. The third-order valence-corrected chi connectivity index (χ3v) is 5.68. The Bertz CT molecular complexity index is 432. The van der Waals surface area contributed by atoms with Crippen LogP contribution in [0.15, 0.2) is 0 Å². The van der Waals surface area contributed by atoms with E-state index in [1.807, 2.05) is 6.92 Å². The Morgan fingerprint density at radius 3 is 2.40 bits per heavy atom. The molecular formula is C13H25N3O3S. The van der Waals surface area contributed by atoms with Crippen LogP contribution in [0.1, 0.15) is 45.4 Å². The quantitative estimate of drug-likeness (QED) is 0.813. The molecule has 0 aliphatic carbocycles. The minimum absolute atomic E-state index is 0.0811. The molecule has 2 rings (SSSR count). The predicted octanol–water partition coefficient (Wildman–Crippen LogP) is 0.708. The highest BCUT2D eigenvalue weighted by Crippen LogP contribution is 2.15. The van der Waals surface area contributed by atoms with Gasteiger partial charge in [-0.1, -0.05) is 6.42 Å². The highest BCUT2D eigenvalue weighted by Gasteiger charge is 2.27. The van der Waals surface area contributed by atoms with Gasteiger partial charge in [0.2, 0.25) is 5.91 Å². The Kier molecular flexibility index (Phi) is 5.40. The first-order valence-corrected chi connectivity index (χ1v) is 8.99. The number of piperidine rings is 2. The van der Waals surface area contributed by atoms with E-state index in [-0.39, 0.29) is 11.9 Å². The fourth-order valence-electron chi connectivity index (χ4n) is 2.83. The zero-order valence-electron chi connectivity index (χ0n) is 12.2. The van der Waals surface area contributed by atoms with Crippen LogP contribution in [0.4, 0.5) is 0 Å². The molecule has 2 fully saturated rings. The second kappa shape index (κ2) is 6.87. The lowest BCUT2D eigenvalue weighted by Gasteiger charge is -2.33. The molecule has 0 aromatic rings. The van der Waals surface area contributed by atoms with Gasteiger partial charge in [0.05, 0.1) is 0 Å². The first-order chi connectivity index (χ1) is 9.50. The Morgan fingerprint density at radius 1 is 1.10 bits per heavy atom. The number of amides is 1. The van der Waals surface area contributed by atoms with Gasteiger partial charge in [-0.25, -0.2) is 4.72 Å². The maximum atomic E-state index is 12.2. The number of hydrogen-bond acceptors (Lipinski definition) is 3. The van der Waals surface area contributed by atoms with Gasteiger partial charge < -0.3 is 4.90 Å². The minimum Gasteiger partial charge on any atom is -0.339 e. The van der Waals surface area contributed by atoms with E-state index in [4.69, 9.17) is 0 Å². The molecule has 0 bridgehead atoms. The lowest BCUT2D eigenvalue weighted by Crippen LogP contribution is -2.50. The van der Waals surface area contributed by atoms with Crippen molar-refractivity contribution in [3.05, 3.63) is 0 Å².